The van der Waals surface area contributed by atoms with Crippen molar-refractivity contribution in [2.45, 2.75) is 19.1 Å². The zero-order valence-corrected chi connectivity index (χ0v) is 8.31. The standard InChI is InChI=1S/C10H13N3O2/c1-5(14)9(11)10-12-7-3-2-6(15)4-8(7)13-10/h2-5,9,14-15H,11H2,1H3,(H,12,13). The Hall–Kier alpha value is -1.59. The summed E-state index contributed by atoms with van der Waals surface area (Å²) in [5.41, 5.74) is 7.16. The number of hydrogen-bond donors (Lipinski definition) is 4. The van der Waals surface area contributed by atoms with Gasteiger partial charge in [-0.1, -0.05) is 0 Å². The smallest absolute Gasteiger partial charge is 0.126 e. The SMILES string of the molecule is CC(O)C(N)c1nc2ccc(O)cc2[nH]1. The fourth-order valence-electron chi connectivity index (χ4n) is 1.40. The van der Waals surface area contributed by atoms with Gasteiger partial charge in [-0.25, -0.2) is 4.98 Å². The second-order valence-electron chi connectivity index (χ2n) is 3.59. The van der Waals surface area contributed by atoms with Gasteiger partial charge in [0.15, 0.2) is 0 Å². The van der Waals surface area contributed by atoms with E-state index in [0.717, 1.165) is 5.52 Å². The van der Waals surface area contributed by atoms with E-state index in [9.17, 15) is 10.2 Å². The minimum atomic E-state index is -0.667. The van der Waals surface area contributed by atoms with Gasteiger partial charge < -0.3 is 20.9 Å². The molecule has 0 radical (unpaired) electrons. The molecule has 0 bridgehead atoms. The number of phenolic OH excluding ortho intramolecular Hbond substituents is 1. The third kappa shape index (κ3) is 1.79. The number of H-pyrrole nitrogens is 1. The second-order valence-corrected chi connectivity index (χ2v) is 3.59. The maximum Gasteiger partial charge on any atom is 0.126 e. The highest BCUT2D eigenvalue weighted by Crippen LogP contribution is 2.20. The molecule has 5 heteroatoms. The van der Waals surface area contributed by atoms with Crippen molar-refractivity contribution in [3.63, 3.8) is 0 Å². The van der Waals surface area contributed by atoms with Crippen molar-refractivity contribution in [2.24, 2.45) is 5.73 Å². The van der Waals surface area contributed by atoms with Crippen LogP contribution in [0.1, 0.15) is 18.8 Å². The predicted octanol–water partition coefficient (Wildman–Crippen LogP) is 0.649. The van der Waals surface area contributed by atoms with Gasteiger partial charge in [-0.3, -0.25) is 0 Å². The third-order valence-corrected chi connectivity index (χ3v) is 2.32. The summed E-state index contributed by atoms with van der Waals surface area (Å²) in [6.45, 7) is 1.61. The Labute approximate surface area is 86.6 Å². The van der Waals surface area contributed by atoms with E-state index in [4.69, 9.17) is 5.73 Å². The summed E-state index contributed by atoms with van der Waals surface area (Å²) in [6.07, 6.45) is -0.667. The maximum absolute atomic E-state index is 9.32. The van der Waals surface area contributed by atoms with Crippen LogP contribution in [0, 0.1) is 0 Å². The highest BCUT2D eigenvalue weighted by molar-refractivity contribution is 5.76. The molecule has 0 spiro atoms. The minimum Gasteiger partial charge on any atom is -0.508 e. The molecule has 1 aromatic carbocycles. The quantitative estimate of drug-likeness (QED) is 0.581. The first-order valence-corrected chi connectivity index (χ1v) is 4.70. The molecule has 1 aromatic heterocycles. The number of nitrogens with two attached hydrogens (primary N) is 1. The van der Waals surface area contributed by atoms with Crippen LogP contribution in [0.4, 0.5) is 0 Å². The number of aromatic hydroxyl groups is 1. The summed E-state index contributed by atoms with van der Waals surface area (Å²) in [5, 5.41) is 18.6. The fraction of sp³-hybridized carbons (Fsp3) is 0.300. The molecular formula is C10H13N3O2. The topological polar surface area (TPSA) is 95.2 Å². The lowest BCUT2D eigenvalue weighted by atomic mass is 10.2. The minimum absolute atomic E-state index is 0.170. The van der Waals surface area contributed by atoms with Crippen LogP contribution in [-0.2, 0) is 0 Å². The van der Waals surface area contributed by atoms with E-state index in [0.29, 0.717) is 11.3 Å². The fourth-order valence-corrected chi connectivity index (χ4v) is 1.40. The van der Waals surface area contributed by atoms with Gasteiger partial charge >= 0.3 is 0 Å². The number of aromatic nitrogens is 2. The molecule has 1 heterocycles. The van der Waals surface area contributed by atoms with E-state index < -0.39 is 12.1 Å². The first kappa shape index (κ1) is 9.95. The highest BCUT2D eigenvalue weighted by Gasteiger charge is 2.16. The zero-order chi connectivity index (χ0) is 11.0. The number of aliphatic hydroxyl groups is 1. The number of fused-ring (bicyclic) bond motifs is 1. The normalized spacial score (nSPS) is 15.4. The summed E-state index contributed by atoms with van der Waals surface area (Å²) >= 11 is 0. The van der Waals surface area contributed by atoms with Crippen LogP contribution in [0.25, 0.3) is 11.0 Å². The lowest BCUT2D eigenvalue weighted by Crippen LogP contribution is -2.24. The Morgan fingerprint density at radius 3 is 2.87 bits per heavy atom. The van der Waals surface area contributed by atoms with E-state index in [1.165, 1.54) is 0 Å². The highest BCUT2D eigenvalue weighted by atomic mass is 16.3. The van der Waals surface area contributed by atoms with E-state index in [1.807, 2.05) is 0 Å². The number of rotatable bonds is 2. The van der Waals surface area contributed by atoms with Crippen LogP contribution >= 0.6 is 0 Å². The van der Waals surface area contributed by atoms with E-state index in [-0.39, 0.29) is 5.75 Å². The molecule has 0 amide bonds. The van der Waals surface area contributed by atoms with Gasteiger partial charge in [-0.05, 0) is 19.1 Å². The lowest BCUT2D eigenvalue weighted by Gasteiger charge is -2.10. The molecule has 5 nitrogen and oxygen atoms in total. The van der Waals surface area contributed by atoms with Crippen LogP contribution in [0.15, 0.2) is 18.2 Å². The Bertz CT molecular complexity index is 478. The van der Waals surface area contributed by atoms with Crippen molar-refractivity contribution in [1.29, 1.82) is 0 Å². The van der Waals surface area contributed by atoms with Crippen LogP contribution in [0.3, 0.4) is 0 Å². The predicted molar refractivity (Wildman–Crippen MR) is 56.4 cm³/mol. The van der Waals surface area contributed by atoms with Crippen molar-refractivity contribution in [3.05, 3.63) is 24.0 Å². The van der Waals surface area contributed by atoms with E-state index in [1.54, 1.807) is 25.1 Å². The molecule has 0 aliphatic heterocycles. The van der Waals surface area contributed by atoms with Crippen molar-refractivity contribution in [3.8, 4) is 5.75 Å². The number of nitrogens with zero attached hydrogens (tertiary/aromatic N) is 1. The van der Waals surface area contributed by atoms with Gasteiger partial charge in [0.1, 0.15) is 11.6 Å². The number of nitrogens with one attached hydrogen (secondary N) is 1. The molecule has 2 unspecified atom stereocenters. The molecule has 2 atom stereocenters. The molecule has 80 valence electrons. The lowest BCUT2D eigenvalue weighted by molar-refractivity contribution is 0.161. The number of aromatic amines is 1. The average molecular weight is 207 g/mol. The van der Waals surface area contributed by atoms with Gasteiger partial charge in [0, 0.05) is 6.07 Å². The Morgan fingerprint density at radius 2 is 2.20 bits per heavy atom. The molecular weight excluding hydrogens is 194 g/mol. The molecule has 2 rings (SSSR count). The van der Waals surface area contributed by atoms with Gasteiger partial charge in [0.05, 0.1) is 23.2 Å². The van der Waals surface area contributed by atoms with E-state index >= 15 is 0 Å². The van der Waals surface area contributed by atoms with Crippen molar-refractivity contribution in [2.75, 3.05) is 0 Å². The number of imidazole rings is 1. The summed E-state index contributed by atoms with van der Waals surface area (Å²) in [7, 11) is 0. The van der Waals surface area contributed by atoms with E-state index in [2.05, 4.69) is 9.97 Å². The number of aliphatic hydroxyl groups excluding tert-OH is 1. The summed E-state index contributed by atoms with van der Waals surface area (Å²) in [5.74, 6) is 0.689. The number of phenols is 1. The van der Waals surface area contributed by atoms with Crippen molar-refractivity contribution >= 4 is 11.0 Å². The van der Waals surface area contributed by atoms with Crippen molar-refractivity contribution in [1.82, 2.24) is 9.97 Å². The number of benzene rings is 1. The molecule has 0 saturated heterocycles. The van der Waals surface area contributed by atoms with Crippen LogP contribution < -0.4 is 5.73 Å². The largest absolute Gasteiger partial charge is 0.508 e. The Kier molecular flexibility index (Phi) is 2.34. The summed E-state index contributed by atoms with van der Waals surface area (Å²) in [6, 6.07) is 4.28. The van der Waals surface area contributed by atoms with Gasteiger partial charge in [0.25, 0.3) is 0 Å². The van der Waals surface area contributed by atoms with Crippen LogP contribution in [0.5, 0.6) is 5.75 Å². The molecule has 0 aliphatic rings. The van der Waals surface area contributed by atoms with Crippen LogP contribution in [0.2, 0.25) is 0 Å². The third-order valence-electron chi connectivity index (χ3n) is 2.32. The molecule has 0 fully saturated rings. The van der Waals surface area contributed by atoms with Gasteiger partial charge in [0.2, 0.25) is 0 Å². The molecule has 15 heavy (non-hydrogen) atoms. The summed E-state index contributed by atoms with van der Waals surface area (Å²) < 4.78 is 0. The van der Waals surface area contributed by atoms with Gasteiger partial charge in [-0.15, -0.1) is 0 Å². The summed E-state index contributed by atoms with van der Waals surface area (Å²) in [4.78, 5) is 7.18. The molecule has 2 aromatic rings. The zero-order valence-electron chi connectivity index (χ0n) is 8.31. The van der Waals surface area contributed by atoms with Crippen molar-refractivity contribution < 1.29 is 10.2 Å². The first-order chi connectivity index (χ1) is 7.08. The maximum atomic E-state index is 9.32. The van der Waals surface area contributed by atoms with Crippen LogP contribution in [-0.4, -0.2) is 26.3 Å². The molecule has 5 N–H and O–H groups in total. The Balaban J connectivity index is 2.47. The first-order valence-electron chi connectivity index (χ1n) is 4.70. The molecule has 0 aliphatic carbocycles. The van der Waals surface area contributed by atoms with Gasteiger partial charge in [-0.2, -0.15) is 0 Å². The number of hydrogen-bond acceptors (Lipinski definition) is 4. The Morgan fingerprint density at radius 1 is 1.47 bits per heavy atom. The monoisotopic (exact) mass is 207 g/mol. The second kappa shape index (κ2) is 3.52. The average Bonchev–Trinajstić information content (AvgIpc) is 2.58. The molecule has 0 saturated carbocycles.